The molecule has 0 atom stereocenters. The molecule has 0 radical (unpaired) electrons. The van der Waals surface area contributed by atoms with Gasteiger partial charge in [-0.15, -0.1) is 0 Å². The Morgan fingerprint density at radius 2 is 2.14 bits per heavy atom. The average molecular weight is 306 g/mol. The molecule has 2 aromatic rings. The molecule has 0 bridgehead atoms. The van der Waals surface area contributed by atoms with E-state index < -0.39 is 10.0 Å². The highest BCUT2D eigenvalue weighted by Crippen LogP contribution is 2.20. The second kappa shape index (κ2) is 5.50. The second-order valence-electron chi connectivity index (χ2n) is 5.25. The number of anilines is 1. The van der Waals surface area contributed by atoms with E-state index in [1.54, 1.807) is 13.1 Å². The van der Waals surface area contributed by atoms with Crippen molar-refractivity contribution >= 4 is 15.7 Å². The van der Waals surface area contributed by atoms with Gasteiger partial charge < -0.3 is 5.32 Å². The third-order valence-corrected chi connectivity index (χ3v) is 4.86. The Hall–Kier alpha value is -1.86. The van der Waals surface area contributed by atoms with E-state index in [-0.39, 0.29) is 5.03 Å². The first-order valence-corrected chi connectivity index (χ1v) is 8.36. The number of aromatic nitrogens is 2. The van der Waals surface area contributed by atoms with Crippen LogP contribution in [0, 0.1) is 0 Å². The van der Waals surface area contributed by atoms with Gasteiger partial charge in [-0.3, -0.25) is 9.40 Å². The van der Waals surface area contributed by atoms with E-state index in [0.29, 0.717) is 11.7 Å². The first-order chi connectivity index (χ1) is 10.0. The minimum absolute atomic E-state index is 0.143. The summed E-state index contributed by atoms with van der Waals surface area (Å²) in [4.78, 5) is 0. The van der Waals surface area contributed by atoms with Gasteiger partial charge in [-0.1, -0.05) is 12.1 Å². The van der Waals surface area contributed by atoms with E-state index in [0.717, 1.165) is 12.1 Å². The van der Waals surface area contributed by atoms with E-state index in [9.17, 15) is 8.42 Å². The smallest absolute Gasteiger partial charge is 0.279 e. The molecule has 7 heteroatoms. The van der Waals surface area contributed by atoms with E-state index in [1.807, 2.05) is 18.2 Å². The molecule has 0 spiro atoms. The number of rotatable bonds is 6. The summed E-state index contributed by atoms with van der Waals surface area (Å²) in [5.41, 5.74) is 1.62. The van der Waals surface area contributed by atoms with Crippen molar-refractivity contribution in [3.8, 4) is 0 Å². The Labute approximate surface area is 124 Å². The maximum absolute atomic E-state index is 12.3. The summed E-state index contributed by atoms with van der Waals surface area (Å²) in [7, 11) is -2.00. The lowest BCUT2D eigenvalue weighted by Gasteiger charge is -2.10. The molecule has 0 aliphatic heterocycles. The van der Waals surface area contributed by atoms with Crippen LogP contribution in [0.25, 0.3) is 0 Å². The predicted molar refractivity (Wildman–Crippen MR) is 80.3 cm³/mol. The van der Waals surface area contributed by atoms with Crippen molar-refractivity contribution in [1.29, 1.82) is 0 Å². The first-order valence-electron chi connectivity index (χ1n) is 6.88. The Bertz CT molecular complexity index is 735. The van der Waals surface area contributed by atoms with Gasteiger partial charge in [0.25, 0.3) is 10.0 Å². The Morgan fingerprint density at radius 3 is 2.81 bits per heavy atom. The normalized spacial score (nSPS) is 15.1. The summed E-state index contributed by atoms with van der Waals surface area (Å²) in [6.45, 7) is 0.756. The number of sulfonamides is 1. The molecule has 112 valence electrons. The second-order valence-corrected chi connectivity index (χ2v) is 6.88. The summed E-state index contributed by atoms with van der Waals surface area (Å²) in [6, 6.07) is 9.53. The van der Waals surface area contributed by atoms with Crippen molar-refractivity contribution < 1.29 is 8.42 Å². The van der Waals surface area contributed by atoms with E-state index in [4.69, 9.17) is 0 Å². The van der Waals surface area contributed by atoms with Crippen LogP contribution in [0.1, 0.15) is 18.4 Å². The SMILES string of the molecule is Cn1nccc1S(=O)(=O)Nc1cccc(CNC2CC2)c1. The number of hydrogen-bond donors (Lipinski definition) is 2. The molecule has 1 heterocycles. The molecule has 1 aliphatic carbocycles. The molecule has 6 nitrogen and oxygen atoms in total. The summed E-state index contributed by atoms with van der Waals surface area (Å²) in [5, 5.41) is 7.44. The Kier molecular flexibility index (Phi) is 3.69. The van der Waals surface area contributed by atoms with Gasteiger partial charge in [-0.2, -0.15) is 13.5 Å². The van der Waals surface area contributed by atoms with Crippen molar-refractivity contribution in [2.24, 2.45) is 7.05 Å². The van der Waals surface area contributed by atoms with Crippen LogP contribution in [0.2, 0.25) is 0 Å². The molecule has 2 N–H and O–H groups in total. The highest BCUT2D eigenvalue weighted by atomic mass is 32.2. The standard InChI is InChI=1S/C14H18N4O2S/c1-18-14(7-8-16-18)21(19,20)17-13-4-2-3-11(9-13)10-15-12-5-6-12/h2-4,7-9,12,15,17H,5-6,10H2,1H3. The van der Waals surface area contributed by atoms with Crippen molar-refractivity contribution in [2.45, 2.75) is 30.5 Å². The predicted octanol–water partition coefficient (Wildman–Crippen LogP) is 1.47. The van der Waals surface area contributed by atoms with Gasteiger partial charge in [-0.05, 0) is 36.6 Å². The highest BCUT2D eigenvalue weighted by Gasteiger charge is 2.20. The monoisotopic (exact) mass is 306 g/mol. The molecule has 1 saturated carbocycles. The lowest BCUT2D eigenvalue weighted by Crippen LogP contribution is -2.18. The van der Waals surface area contributed by atoms with E-state index >= 15 is 0 Å². The van der Waals surface area contributed by atoms with Crippen molar-refractivity contribution in [2.75, 3.05) is 4.72 Å². The zero-order chi connectivity index (χ0) is 14.9. The number of aryl methyl sites for hydroxylation is 1. The van der Waals surface area contributed by atoms with Crippen molar-refractivity contribution in [3.63, 3.8) is 0 Å². The van der Waals surface area contributed by atoms with Crippen LogP contribution in [0.3, 0.4) is 0 Å². The van der Waals surface area contributed by atoms with Gasteiger partial charge in [-0.25, -0.2) is 0 Å². The van der Waals surface area contributed by atoms with Crippen molar-refractivity contribution in [3.05, 3.63) is 42.1 Å². The van der Waals surface area contributed by atoms with Crippen LogP contribution < -0.4 is 10.0 Å². The lowest BCUT2D eigenvalue weighted by atomic mass is 10.2. The van der Waals surface area contributed by atoms with E-state index in [2.05, 4.69) is 15.1 Å². The topological polar surface area (TPSA) is 76.0 Å². The Balaban J connectivity index is 1.74. The Morgan fingerprint density at radius 1 is 1.33 bits per heavy atom. The van der Waals surface area contributed by atoms with Gasteiger partial charge in [0.2, 0.25) is 0 Å². The molecule has 1 fully saturated rings. The fourth-order valence-corrected chi connectivity index (χ4v) is 3.30. The van der Waals surface area contributed by atoms with Crippen LogP contribution >= 0.6 is 0 Å². The zero-order valence-corrected chi connectivity index (χ0v) is 12.6. The maximum atomic E-state index is 12.3. The minimum Gasteiger partial charge on any atom is -0.310 e. The molecular weight excluding hydrogens is 288 g/mol. The fraction of sp³-hybridized carbons (Fsp3) is 0.357. The molecule has 0 amide bonds. The van der Waals surface area contributed by atoms with Gasteiger partial charge in [0.15, 0.2) is 5.03 Å². The van der Waals surface area contributed by atoms with Gasteiger partial charge in [0.05, 0.1) is 6.20 Å². The maximum Gasteiger partial charge on any atom is 0.279 e. The molecule has 1 aliphatic rings. The third kappa shape index (κ3) is 3.43. The fourth-order valence-electron chi connectivity index (χ4n) is 2.13. The highest BCUT2D eigenvalue weighted by molar-refractivity contribution is 7.92. The molecule has 3 rings (SSSR count). The van der Waals surface area contributed by atoms with Gasteiger partial charge in [0.1, 0.15) is 0 Å². The largest absolute Gasteiger partial charge is 0.310 e. The summed E-state index contributed by atoms with van der Waals surface area (Å²) < 4.78 is 28.5. The summed E-state index contributed by atoms with van der Waals surface area (Å²) in [6.07, 6.45) is 3.92. The number of hydrogen-bond acceptors (Lipinski definition) is 4. The van der Waals surface area contributed by atoms with Crippen LogP contribution in [-0.2, 0) is 23.6 Å². The average Bonchev–Trinajstić information content (AvgIpc) is 3.16. The molecule has 0 unspecified atom stereocenters. The quantitative estimate of drug-likeness (QED) is 0.847. The molecule has 0 saturated heterocycles. The number of nitrogens with zero attached hydrogens (tertiary/aromatic N) is 2. The zero-order valence-electron chi connectivity index (χ0n) is 11.8. The van der Waals surface area contributed by atoms with Gasteiger partial charge in [0, 0.05) is 25.3 Å². The van der Waals surface area contributed by atoms with E-state index in [1.165, 1.54) is 29.8 Å². The van der Waals surface area contributed by atoms with Crippen LogP contribution in [-0.4, -0.2) is 24.2 Å². The molecule has 1 aromatic carbocycles. The lowest BCUT2D eigenvalue weighted by molar-refractivity contribution is 0.582. The third-order valence-electron chi connectivity index (χ3n) is 3.40. The molecule has 1 aromatic heterocycles. The van der Waals surface area contributed by atoms with Crippen LogP contribution in [0.5, 0.6) is 0 Å². The number of benzene rings is 1. The summed E-state index contributed by atoms with van der Waals surface area (Å²) in [5.74, 6) is 0. The van der Waals surface area contributed by atoms with Crippen LogP contribution in [0.4, 0.5) is 5.69 Å². The minimum atomic E-state index is -3.61. The molecule has 21 heavy (non-hydrogen) atoms. The first kappa shape index (κ1) is 14.1. The number of nitrogens with one attached hydrogen (secondary N) is 2. The van der Waals surface area contributed by atoms with Crippen molar-refractivity contribution in [1.82, 2.24) is 15.1 Å². The summed E-state index contributed by atoms with van der Waals surface area (Å²) >= 11 is 0. The van der Waals surface area contributed by atoms with Crippen LogP contribution in [0.15, 0.2) is 41.6 Å². The van der Waals surface area contributed by atoms with Gasteiger partial charge >= 0.3 is 0 Å². The molecular formula is C14H18N4O2S.